The average Bonchev–Trinajstić information content (AvgIpc) is 2.89. The Morgan fingerprint density at radius 1 is 1.20 bits per heavy atom. The molecule has 3 fully saturated rings. The highest BCUT2D eigenvalue weighted by atomic mass is 16.8. The van der Waals surface area contributed by atoms with Crippen molar-refractivity contribution in [1.82, 2.24) is 0 Å². The minimum Gasteiger partial charge on any atom is -0.359 e. The Labute approximate surface area is 121 Å². The quantitative estimate of drug-likeness (QED) is 0.630. The van der Waals surface area contributed by atoms with Crippen LogP contribution in [0.5, 0.6) is 0 Å². The zero-order valence-corrected chi connectivity index (χ0v) is 12.6. The second kappa shape index (κ2) is 5.54. The number of hydrogen-bond acceptors (Lipinski definition) is 5. The summed E-state index contributed by atoms with van der Waals surface area (Å²) >= 11 is 0. The van der Waals surface area contributed by atoms with E-state index in [0.29, 0.717) is 13.4 Å². The van der Waals surface area contributed by atoms with Crippen molar-refractivity contribution in [2.24, 2.45) is 11.1 Å². The maximum atomic E-state index is 6.41. The van der Waals surface area contributed by atoms with E-state index < -0.39 is 0 Å². The van der Waals surface area contributed by atoms with Gasteiger partial charge in [-0.15, -0.1) is 0 Å². The molecular formula is C15H27NO4. The minimum absolute atomic E-state index is 0.0178. The summed E-state index contributed by atoms with van der Waals surface area (Å²) in [4.78, 5) is 0. The largest absolute Gasteiger partial charge is 0.359 e. The van der Waals surface area contributed by atoms with Gasteiger partial charge in [0.1, 0.15) is 12.9 Å². The SMILES string of the molecule is COCOC[C@@]1(C)C[C@H](N)[C@H]2OC3(CCCCC3)O[C@H]21. The van der Waals surface area contributed by atoms with Gasteiger partial charge in [-0.25, -0.2) is 0 Å². The molecule has 1 heterocycles. The van der Waals surface area contributed by atoms with Crippen LogP contribution < -0.4 is 5.73 Å². The van der Waals surface area contributed by atoms with Crippen molar-refractivity contribution in [1.29, 1.82) is 0 Å². The lowest BCUT2D eigenvalue weighted by atomic mass is 9.86. The summed E-state index contributed by atoms with van der Waals surface area (Å²) in [6.07, 6.45) is 6.60. The van der Waals surface area contributed by atoms with E-state index in [0.717, 1.165) is 19.3 Å². The van der Waals surface area contributed by atoms with Crippen LogP contribution in [0, 0.1) is 5.41 Å². The third-order valence-corrected chi connectivity index (χ3v) is 5.05. The van der Waals surface area contributed by atoms with Crippen LogP contribution in [-0.4, -0.2) is 44.5 Å². The van der Waals surface area contributed by atoms with Gasteiger partial charge in [0.25, 0.3) is 0 Å². The highest BCUT2D eigenvalue weighted by molar-refractivity contribution is 5.07. The fourth-order valence-corrected chi connectivity index (χ4v) is 4.08. The summed E-state index contributed by atoms with van der Waals surface area (Å²) in [5, 5.41) is 0. The molecule has 0 unspecified atom stereocenters. The highest BCUT2D eigenvalue weighted by Gasteiger charge is 2.60. The van der Waals surface area contributed by atoms with E-state index in [1.807, 2.05) is 0 Å². The third-order valence-electron chi connectivity index (χ3n) is 5.05. The Hall–Kier alpha value is -0.200. The first kappa shape index (κ1) is 14.7. The van der Waals surface area contributed by atoms with E-state index >= 15 is 0 Å². The summed E-state index contributed by atoms with van der Waals surface area (Å²) in [6.45, 7) is 3.11. The molecule has 3 rings (SSSR count). The number of ether oxygens (including phenoxy) is 4. The van der Waals surface area contributed by atoms with Gasteiger partial charge < -0.3 is 24.7 Å². The van der Waals surface area contributed by atoms with Gasteiger partial charge in [-0.05, 0) is 19.3 Å². The summed E-state index contributed by atoms with van der Waals surface area (Å²) in [5.74, 6) is -0.367. The molecule has 1 spiro atoms. The zero-order valence-electron chi connectivity index (χ0n) is 12.6. The van der Waals surface area contributed by atoms with Crippen molar-refractivity contribution in [2.45, 2.75) is 69.5 Å². The summed E-state index contributed by atoms with van der Waals surface area (Å²) in [7, 11) is 1.64. The second-order valence-electron chi connectivity index (χ2n) is 6.87. The van der Waals surface area contributed by atoms with E-state index in [4.69, 9.17) is 24.7 Å². The molecule has 116 valence electrons. The van der Waals surface area contributed by atoms with Crippen LogP contribution in [0.25, 0.3) is 0 Å². The molecule has 5 heteroatoms. The van der Waals surface area contributed by atoms with E-state index in [1.54, 1.807) is 7.11 Å². The van der Waals surface area contributed by atoms with Crippen LogP contribution in [0.4, 0.5) is 0 Å². The maximum Gasteiger partial charge on any atom is 0.169 e. The molecule has 1 saturated heterocycles. The maximum absolute atomic E-state index is 6.41. The van der Waals surface area contributed by atoms with Crippen molar-refractivity contribution >= 4 is 0 Å². The van der Waals surface area contributed by atoms with Gasteiger partial charge in [0, 0.05) is 31.4 Å². The average molecular weight is 285 g/mol. The van der Waals surface area contributed by atoms with Crippen LogP contribution >= 0.6 is 0 Å². The number of rotatable bonds is 4. The van der Waals surface area contributed by atoms with Crippen LogP contribution in [-0.2, 0) is 18.9 Å². The Bertz CT molecular complexity index is 345. The standard InChI is InChI=1S/C15H27NO4/c1-14(9-18-10-17-2)8-11(16)12-13(14)20-15(19-12)6-4-3-5-7-15/h11-13H,3-10,16H2,1-2H3/t11-,12+,13+,14+/m0/s1. The lowest BCUT2D eigenvalue weighted by Gasteiger charge is -2.36. The molecule has 20 heavy (non-hydrogen) atoms. The van der Waals surface area contributed by atoms with Crippen molar-refractivity contribution in [3.63, 3.8) is 0 Å². The monoisotopic (exact) mass is 285 g/mol. The summed E-state index contributed by atoms with van der Waals surface area (Å²) in [5.41, 5.74) is 6.22. The van der Waals surface area contributed by atoms with Gasteiger partial charge in [0.2, 0.25) is 0 Å². The molecule has 0 aromatic carbocycles. The number of hydrogen-bond donors (Lipinski definition) is 1. The molecule has 2 saturated carbocycles. The predicted octanol–water partition coefficient (Wildman–Crippen LogP) is 1.79. The van der Waals surface area contributed by atoms with Crippen molar-refractivity contribution in [3.8, 4) is 0 Å². The Kier molecular flexibility index (Phi) is 4.08. The lowest BCUT2D eigenvalue weighted by Crippen LogP contribution is -2.40. The van der Waals surface area contributed by atoms with Crippen LogP contribution in [0.1, 0.15) is 45.4 Å². The molecule has 2 aliphatic carbocycles. The van der Waals surface area contributed by atoms with E-state index in [-0.39, 0.29) is 29.5 Å². The van der Waals surface area contributed by atoms with Gasteiger partial charge in [-0.1, -0.05) is 13.3 Å². The first-order valence-corrected chi connectivity index (χ1v) is 7.77. The molecule has 4 atom stereocenters. The molecule has 0 bridgehead atoms. The molecule has 0 amide bonds. The molecule has 3 aliphatic rings. The fourth-order valence-electron chi connectivity index (χ4n) is 4.08. The van der Waals surface area contributed by atoms with Gasteiger partial charge in [0.15, 0.2) is 5.79 Å². The van der Waals surface area contributed by atoms with Gasteiger partial charge in [0.05, 0.1) is 12.7 Å². The number of fused-ring (bicyclic) bond motifs is 1. The normalized spacial score (nSPS) is 43.0. The van der Waals surface area contributed by atoms with E-state index in [2.05, 4.69) is 6.92 Å². The zero-order chi connectivity index (χ0) is 14.2. The van der Waals surface area contributed by atoms with Gasteiger partial charge >= 0.3 is 0 Å². The molecule has 0 aromatic heterocycles. The molecule has 0 aromatic rings. The second-order valence-corrected chi connectivity index (χ2v) is 6.87. The fraction of sp³-hybridized carbons (Fsp3) is 1.00. The van der Waals surface area contributed by atoms with Gasteiger partial charge in [-0.2, -0.15) is 0 Å². The van der Waals surface area contributed by atoms with Crippen molar-refractivity contribution in [2.75, 3.05) is 20.5 Å². The molecule has 5 nitrogen and oxygen atoms in total. The first-order chi connectivity index (χ1) is 9.59. The number of methoxy groups -OCH3 is 1. The predicted molar refractivity (Wildman–Crippen MR) is 74.1 cm³/mol. The van der Waals surface area contributed by atoms with E-state index in [1.165, 1.54) is 19.3 Å². The number of nitrogens with two attached hydrogens (primary N) is 1. The van der Waals surface area contributed by atoms with Crippen molar-refractivity contribution < 1.29 is 18.9 Å². The van der Waals surface area contributed by atoms with Crippen LogP contribution in [0.3, 0.4) is 0 Å². The minimum atomic E-state index is -0.367. The Balaban J connectivity index is 1.70. The topological polar surface area (TPSA) is 62.9 Å². The first-order valence-electron chi connectivity index (χ1n) is 7.77. The smallest absolute Gasteiger partial charge is 0.169 e. The summed E-state index contributed by atoms with van der Waals surface area (Å²) in [6, 6.07) is 0.0393. The molecule has 2 N–H and O–H groups in total. The van der Waals surface area contributed by atoms with Gasteiger partial charge in [-0.3, -0.25) is 0 Å². The van der Waals surface area contributed by atoms with Crippen molar-refractivity contribution in [3.05, 3.63) is 0 Å². The molecule has 1 aliphatic heterocycles. The lowest BCUT2D eigenvalue weighted by molar-refractivity contribution is -0.213. The molecular weight excluding hydrogens is 258 g/mol. The Morgan fingerprint density at radius 2 is 1.95 bits per heavy atom. The highest BCUT2D eigenvalue weighted by Crippen LogP contribution is 2.51. The Morgan fingerprint density at radius 3 is 2.65 bits per heavy atom. The van der Waals surface area contributed by atoms with Crippen LogP contribution in [0.15, 0.2) is 0 Å². The van der Waals surface area contributed by atoms with Crippen LogP contribution in [0.2, 0.25) is 0 Å². The van der Waals surface area contributed by atoms with E-state index in [9.17, 15) is 0 Å². The summed E-state index contributed by atoms with van der Waals surface area (Å²) < 4.78 is 23.3. The molecule has 0 radical (unpaired) electrons. The third kappa shape index (κ3) is 2.50.